The van der Waals surface area contributed by atoms with Gasteiger partial charge in [0.25, 0.3) is 0 Å². The second-order valence-electron chi connectivity index (χ2n) is 3.97. The smallest absolute Gasteiger partial charge is 0.220 e. The Balaban J connectivity index is 1.87. The van der Waals surface area contributed by atoms with Crippen molar-refractivity contribution in [3.8, 4) is 0 Å². The highest BCUT2D eigenvalue weighted by Crippen LogP contribution is 2.58. The number of nitrogens with two attached hydrogens (primary N) is 1. The predicted molar refractivity (Wildman–Crippen MR) is 37.6 cm³/mol. The highest BCUT2D eigenvalue weighted by molar-refractivity contribution is 5.77. The van der Waals surface area contributed by atoms with Crippen LogP contribution in [0, 0.1) is 17.8 Å². The van der Waals surface area contributed by atoms with Gasteiger partial charge in [0.05, 0.1) is 12.2 Å². The van der Waals surface area contributed by atoms with E-state index in [1.54, 1.807) is 0 Å². The molecule has 2 aliphatic carbocycles. The third kappa shape index (κ3) is 0.601. The summed E-state index contributed by atoms with van der Waals surface area (Å²) in [6, 6.07) is 0. The molecule has 3 nitrogen and oxygen atoms in total. The van der Waals surface area contributed by atoms with E-state index >= 15 is 0 Å². The number of ether oxygens (including phenoxy) is 1. The minimum Gasteiger partial charge on any atom is -0.369 e. The highest BCUT2D eigenvalue weighted by Gasteiger charge is 2.64. The van der Waals surface area contributed by atoms with Crippen molar-refractivity contribution in [3.05, 3.63) is 0 Å². The van der Waals surface area contributed by atoms with Crippen molar-refractivity contribution >= 4 is 5.91 Å². The van der Waals surface area contributed by atoms with Crippen molar-refractivity contribution in [2.45, 2.75) is 25.0 Å². The summed E-state index contributed by atoms with van der Waals surface area (Å²) >= 11 is 0. The molecule has 3 heteroatoms. The predicted octanol–water partition coefficient (Wildman–Crippen LogP) is -0.105. The van der Waals surface area contributed by atoms with E-state index in [4.69, 9.17) is 10.5 Å². The first-order valence-corrected chi connectivity index (χ1v) is 4.22. The lowest BCUT2D eigenvalue weighted by molar-refractivity contribution is -0.123. The Morgan fingerprint density at radius 1 is 1.36 bits per heavy atom. The van der Waals surface area contributed by atoms with Crippen molar-refractivity contribution < 1.29 is 9.53 Å². The molecule has 0 aromatic heterocycles. The summed E-state index contributed by atoms with van der Waals surface area (Å²) in [6.07, 6.45) is 3.09. The summed E-state index contributed by atoms with van der Waals surface area (Å²) < 4.78 is 5.41. The van der Waals surface area contributed by atoms with Crippen LogP contribution in [-0.4, -0.2) is 18.1 Å². The maximum atomic E-state index is 10.9. The number of epoxide rings is 1. The third-order valence-corrected chi connectivity index (χ3v) is 3.46. The molecular weight excluding hydrogens is 142 g/mol. The van der Waals surface area contributed by atoms with Gasteiger partial charge in [-0.05, 0) is 24.7 Å². The Labute approximate surface area is 64.9 Å². The van der Waals surface area contributed by atoms with E-state index in [1.807, 2.05) is 0 Å². The number of primary amides is 1. The van der Waals surface area contributed by atoms with Crippen molar-refractivity contribution in [1.29, 1.82) is 0 Å². The van der Waals surface area contributed by atoms with E-state index in [-0.39, 0.29) is 11.8 Å². The summed E-state index contributed by atoms with van der Waals surface area (Å²) in [7, 11) is 0. The summed E-state index contributed by atoms with van der Waals surface area (Å²) in [5.74, 6) is 1.14. The van der Waals surface area contributed by atoms with Crippen LogP contribution in [-0.2, 0) is 9.53 Å². The molecule has 0 aromatic rings. The first-order valence-electron chi connectivity index (χ1n) is 4.22. The van der Waals surface area contributed by atoms with E-state index in [0.29, 0.717) is 24.0 Å². The van der Waals surface area contributed by atoms with Gasteiger partial charge in [-0.3, -0.25) is 4.79 Å². The summed E-state index contributed by atoms with van der Waals surface area (Å²) in [4.78, 5) is 10.9. The topological polar surface area (TPSA) is 55.6 Å². The first-order chi connectivity index (χ1) is 5.27. The number of rotatable bonds is 1. The molecule has 2 saturated carbocycles. The van der Waals surface area contributed by atoms with Crippen LogP contribution in [0.25, 0.3) is 0 Å². The number of fused-ring (bicyclic) bond motifs is 5. The van der Waals surface area contributed by atoms with Gasteiger partial charge in [0.2, 0.25) is 5.91 Å². The summed E-state index contributed by atoms with van der Waals surface area (Å²) in [5, 5.41) is 0. The molecule has 2 N–H and O–H groups in total. The zero-order chi connectivity index (χ0) is 7.59. The molecule has 0 spiro atoms. The monoisotopic (exact) mass is 153 g/mol. The lowest BCUT2D eigenvalue weighted by atomic mass is 9.88. The van der Waals surface area contributed by atoms with Crippen LogP contribution in [0.4, 0.5) is 0 Å². The van der Waals surface area contributed by atoms with Gasteiger partial charge in [-0.1, -0.05) is 0 Å². The molecule has 60 valence electrons. The molecule has 3 aliphatic rings. The second kappa shape index (κ2) is 1.61. The Morgan fingerprint density at radius 2 is 2.18 bits per heavy atom. The normalized spacial score (nSPS) is 57.6. The highest BCUT2D eigenvalue weighted by atomic mass is 16.6. The molecule has 1 saturated heterocycles. The van der Waals surface area contributed by atoms with Crippen LogP contribution in [0.2, 0.25) is 0 Å². The summed E-state index contributed by atoms with van der Waals surface area (Å²) in [6.45, 7) is 0. The molecule has 3 fully saturated rings. The lowest BCUT2D eigenvalue weighted by Crippen LogP contribution is -2.30. The number of amides is 1. The molecule has 2 bridgehead atoms. The first kappa shape index (κ1) is 6.00. The zero-order valence-corrected chi connectivity index (χ0v) is 6.19. The Bertz CT molecular complexity index is 228. The molecular formula is C8H11NO2. The van der Waals surface area contributed by atoms with Gasteiger partial charge in [0.1, 0.15) is 0 Å². The average molecular weight is 153 g/mol. The van der Waals surface area contributed by atoms with Crippen LogP contribution < -0.4 is 5.73 Å². The van der Waals surface area contributed by atoms with Gasteiger partial charge in [-0.15, -0.1) is 0 Å². The largest absolute Gasteiger partial charge is 0.369 e. The average Bonchev–Trinajstić information content (AvgIpc) is 2.57. The van der Waals surface area contributed by atoms with E-state index < -0.39 is 0 Å². The van der Waals surface area contributed by atoms with Crippen LogP contribution >= 0.6 is 0 Å². The molecule has 5 atom stereocenters. The number of hydrogen-bond acceptors (Lipinski definition) is 2. The van der Waals surface area contributed by atoms with Crippen LogP contribution in [0.3, 0.4) is 0 Å². The third-order valence-electron chi connectivity index (χ3n) is 3.46. The standard InChI is InChI=1S/C8H11NO2/c9-8(10)5-2-3-1-4(5)7-6(3)11-7/h3-7H,1-2H2,(H2,9,10). The van der Waals surface area contributed by atoms with Gasteiger partial charge < -0.3 is 10.5 Å². The SMILES string of the molecule is NC(=O)C1CC2CC1C1OC21. The molecule has 3 rings (SSSR count). The van der Waals surface area contributed by atoms with Gasteiger partial charge in [0, 0.05) is 5.92 Å². The molecule has 0 aromatic carbocycles. The number of carbonyl (C=O) groups excluding carboxylic acids is 1. The van der Waals surface area contributed by atoms with Gasteiger partial charge in [0.15, 0.2) is 0 Å². The van der Waals surface area contributed by atoms with Gasteiger partial charge >= 0.3 is 0 Å². The lowest BCUT2D eigenvalue weighted by Gasteiger charge is -2.14. The van der Waals surface area contributed by atoms with Crippen LogP contribution in [0.1, 0.15) is 12.8 Å². The second-order valence-corrected chi connectivity index (χ2v) is 3.97. The van der Waals surface area contributed by atoms with E-state index in [1.165, 1.54) is 6.42 Å². The van der Waals surface area contributed by atoms with Crippen molar-refractivity contribution in [2.75, 3.05) is 0 Å². The van der Waals surface area contributed by atoms with E-state index in [0.717, 1.165) is 6.42 Å². The fourth-order valence-corrected chi connectivity index (χ4v) is 2.93. The van der Waals surface area contributed by atoms with Crippen LogP contribution in [0.15, 0.2) is 0 Å². The van der Waals surface area contributed by atoms with Crippen molar-refractivity contribution in [2.24, 2.45) is 23.5 Å². The molecule has 1 aliphatic heterocycles. The molecule has 11 heavy (non-hydrogen) atoms. The Morgan fingerprint density at radius 3 is 2.73 bits per heavy atom. The Hall–Kier alpha value is -0.570. The maximum Gasteiger partial charge on any atom is 0.220 e. The van der Waals surface area contributed by atoms with Crippen molar-refractivity contribution in [3.63, 3.8) is 0 Å². The van der Waals surface area contributed by atoms with Gasteiger partial charge in [-0.25, -0.2) is 0 Å². The zero-order valence-electron chi connectivity index (χ0n) is 6.19. The number of carbonyl (C=O) groups is 1. The fraction of sp³-hybridized carbons (Fsp3) is 0.875. The van der Waals surface area contributed by atoms with Crippen molar-refractivity contribution in [1.82, 2.24) is 0 Å². The molecule has 1 amide bonds. The molecule has 5 unspecified atom stereocenters. The summed E-state index contributed by atoms with van der Waals surface area (Å²) in [5.41, 5.74) is 5.27. The number of hydrogen-bond donors (Lipinski definition) is 1. The molecule has 0 radical (unpaired) electrons. The van der Waals surface area contributed by atoms with Gasteiger partial charge in [-0.2, -0.15) is 0 Å². The van der Waals surface area contributed by atoms with E-state index in [9.17, 15) is 4.79 Å². The minimum atomic E-state index is -0.119. The van der Waals surface area contributed by atoms with E-state index in [2.05, 4.69) is 0 Å². The fourth-order valence-electron chi connectivity index (χ4n) is 2.93. The quantitative estimate of drug-likeness (QED) is 0.534. The maximum absolute atomic E-state index is 10.9. The molecule has 1 heterocycles. The Kier molecular flexibility index (Phi) is 0.876. The van der Waals surface area contributed by atoms with Crippen LogP contribution in [0.5, 0.6) is 0 Å². The minimum absolute atomic E-state index is 0.119.